The molecule has 2 heterocycles. The van der Waals surface area contributed by atoms with E-state index >= 15 is 0 Å². The fourth-order valence-electron chi connectivity index (χ4n) is 3.55. The lowest BCUT2D eigenvalue weighted by molar-refractivity contribution is -0.136. The first-order chi connectivity index (χ1) is 8.25. The van der Waals surface area contributed by atoms with Crippen molar-refractivity contribution in [3.63, 3.8) is 0 Å². The van der Waals surface area contributed by atoms with Crippen molar-refractivity contribution in [1.29, 1.82) is 0 Å². The molecule has 1 N–H and O–H groups in total. The molecule has 3 fully saturated rings. The fourth-order valence-corrected chi connectivity index (χ4v) is 3.55. The Morgan fingerprint density at radius 3 is 2.71 bits per heavy atom. The van der Waals surface area contributed by atoms with Crippen LogP contribution in [-0.2, 0) is 9.53 Å². The highest BCUT2D eigenvalue weighted by molar-refractivity contribution is 5.80. The molecule has 4 heteroatoms. The molecule has 2 aliphatic heterocycles. The van der Waals surface area contributed by atoms with Gasteiger partial charge >= 0.3 is 0 Å². The zero-order valence-electron chi connectivity index (χ0n) is 10.6. The van der Waals surface area contributed by atoms with E-state index in [2.05, 4.69) is 10.2 Å². The van der Waals surface area contributed by atoms with Crippen LogP contribution in [0.25, 0.3) is 0 Å². The lowest BCUT2D eigenvalue weighted by Crippen LogP contribution is -2.52. The monoisotopic (exact) mass is 238 g/mol. The summed E-state index contributed by atoms with van der Waals surface area (Å²) in [5.41, 5.74) is 0.406. The number of likely N-dealkylation sites (tertiary alicyclic amines) is 1. The van der Waals surface area contributed by atoms with Crippen LogP contribution < -0.4 is 5.32 Å². The average Bonchev–Trinajstić information content (AvgIpc) is 2.55. The van der Waals surface area contributed by atoms with Crippen molar-refractivity contribution >= 4 is 5.91 Å². The van der Waals surface area contributed by atoms with Crippen molar-refractivity contribution in [3.05, 3.63) is 0 Å². The number of carbonyl (C=O) groups excluding carboxylic acids is 1. The zero-order chi connectivity index (χ0) is 11.9. The van der Waals surface area contributed by atoms with Crippen LogP contribution in [0.15, 0.2) is 0 Å². The van der Waals surface area contributed by atoms with Gasteiger partial charge in [0.25, 0.3) is 0 Å². The van der Waals surface area contributed by atoms with Crippen molar-refractivity contribution < 1.29 is 9.53 Å². The first kappa shape index (κ1) is 11.5. The van der Waals surface area contributed by atoms with E-state index in [1.807, 2.05) is 0 Å². The van der Waals surface area contributed by atoms with Gasteiger partial charge in [0.2, 0.25) is 5.91 Å². The molecule has 4 nitrogen and oxygen atoms in total. The first-order valence-corrected chi connectivity index (χ1v) is 6.74. The number of ether oxygens (including phenoxy) is 1. The molecule has 3 rings (SSSR count). The lowest BCUT2D eigenvalue weighted by Gasteiger charge is -2.42. The Labute approximate surface area is 103 Å². The Balaban J connectivity index is 1.66. The van der Waals surface area contributed by atoms with E-state index in [-0.39, 0.29) is 5.92 Å². The Kier molecular flexibility index (Phi) is 2.87. The normalized spacial score (nSPS) is 31.4. The number of nitrogens with one attached hydrogen (secondary N) is 1. The first-order valence-electron chi connectivity index (χ1n) is 6.74. The van der Waals surface area contributed by atoms with Gasteiger partial charge < -0.3 is 15.0 Å². The molecule has 1 atom stereocenters. The second-order valence-electron chi connectivity index (χ2n) is 5.94. The van der Waals surface area contributed by atoms with Gasteiger partial charge in [-0.2, -0.15) is 0 Å². The smallest absolute Gasteiger partial charge is 0.228 e. The second kappa shape index (κ2) is 4.25. The van der Waals surface area contributed by atoms with E-state index in [1.165, 1.54) is 19.3 Å². The molecule has 1 amide bonds. The van der Waals surface area contributed by atoms with Crippen molar-refractivity contribution in [2.45, 2.75) is 19.3 Å². The highest BCUT2D eigenvalue weighted by atomic mass is 16.5. The Morgan fingerprint density at radius 2 is 2.24 bits per heavy atom. The molecular formula is C13H22N2O2. The van der Waals surface area contributed by atoms with E-state index < -0.39 is 0 Å². The van der Waals surface area contributed by atoms with Gasteiger partial charge in [0.15, 0.2) is 0 Å². The minimum atomic E-state index is 0.244. The van der Waals surface area contributed by atoms with E-state index in [4.69, 9.17) is 4.74 Å². The molecule has 0 aromatic carbocycles. The van der Waals surface area contributed by atoms with Gasteiger partial charge in [-0.15, -0.1) is 0 Å². The number of hydrogen-bond donors (Lipinski definition) is 1. The lowest BCUT2D eigenvalue weighted by atomic mass is 9.63. The third kappa shape index (κ3) is 1.78. The molecule has 17 heavy (non-hydrogen) atoms. The average molecular weight is 238 g/mol. The minimum absolute atomic E-state index is 0.244. The van der Waals surface area contributed by atoms with Crippen LogP contribution in [0.5, 0.6) is 0 Å². The molecule has 1 unspecified atom stereocenters. The van der Waals surface area contributed by atoms with E-state index in [0.717, 1.165) is 32.8 Å². The molecule has 1 aliphatic carbocycles. The molecular weight excluding hydrogens is 216 g/mol. The zero-order valence-corrected chi connectivity index (χ0v) is 10.6. The summed E-state index contributed by atoms with van der Waals surface area (Å²) in [6, 6.07) is 0. The van der Waals surface area contributed by atoms with Crippen LogP contribution in [0.2, 0.25) is 0 Å². The molecule has 2 saturated heterocycles. The third-order valence-electron chi connectivity index (χ3n) is 4.97. The third-order valence-corrected chi connectivity index (χ3v) is 4.97. The number of amides is 1. The minimum Gasteiger partial charge on any atom is -0.384 e. The van der Waals surface area contributed by atoms with Crippen molar-refractivity contribution in [2.24, 2.45) is 17.3 Å². The summed E-state index contributed by atoms with van der Waals surface area (Å²) in [5, 5.41) is 3.18. The summed E-state index contributed by atoms with van der Waals surface area (Å²) >= 11 is 0. The maximum absolute atomic E-state index is 12.3. The van der Waals surface area contributed by atoms with Crippen molar-refractivity contribution in [1.82, 2.24) is 10.2 Å². The summed E-state index contributed by atoms with van der Waals surface area (Å²) in [4.78, 5) is 14.4. The van der Waals surface area contributed by atoms with E-state index in [0.29, 0.717) is 17.2 Å². The Bertz CT molecular complexity index is 311. The fraction of sp³-hybridized carbons (Fsp3) is 0.923. The van der Waals surface area contributed by atoms with Crippen LogP contribution in [0.1, 0.15) is 19.3 Å². The van der Waals surface area contributed by atoms with Crippen LogP contribution in [-0.4, -0.2) is 50.7 Å². The van der Waals surface area contributed by atoms with Crippen LogP contribution in [0.3, 0.4) is 0 Å². The molecule has 0 bridgehead atoms. The number of hydrogen-bond acceptors (Lipinski definition) is 3. The van der Waals surface area contributed by atoms with Gasteiger partial charge in [-0.1, -0.05) is 6.42 Å². The van der Waals surface area contributed by atoms with Crippen molar-refractivity contribution in [3.8, 4) is 0 Å². The van der Waals surface area contributed by atoms with Gasteiger partial charge in [-0.05, 0) is 18.3 Å². The maximum Gasteiger partial charge on any atom is 0.228 e. The van der Waals surface area contributed by atoms with Crippen LogP contribution in [0.4, 0.5) is 0 Å². The molecule has 0 aromatic heterocycles. The number of rotatable bonds is 3. The van der Waals surface area contributed by atoms with Gasteiger partial charge in [-0.25, -0.2) is 0 Å². The van der Waals surface area contributed by atoms with E-state index in [1.54, 1.807) is 7.11 Å². The van der Waals surface area contributed by atoms with Crippen molar-refractivity contribution in [2.75, 3.05) is 39.9 Å². The molecule has 1 saturated carbocycles. The quantitative estimate of drug-likeness (QED) is 0.777. The standard InChI is InChI=1S/C13H22N2O2/c1-17-8-11-7-15(9-13(11)3-2-4-13)12(16)10-5-14-6-10/h10-11,14H,2-9H2,1H3. The van der Waals surface area contributed by atoms with Gasteiger partial charge in [-0.3, -0.25) is 4.79 Å². The summed E-state index contributed by atoms with van der Waals surface area (Å²) in [5.74, 6) is 1.18. The maximum atomic E-state index is 12.3. The second-order valence-corrected chi connectivity index (χ2v) is 5.94. The highest BCUT2D eigenvalue weighted by Crippen LogP contribution is 2.51. The van der Waals surface area contributed by atoms with E-state index in [9.17, 15) is 4.79 Å². The topological polar surface area (TPSA) is 41.6 Å². The number of nitrogens with zero attached hydrogens (tertiary/aromatic N) is 1. The van der Waals surface area contributed by atoms with Crippen LogP contribution >= 0.6 is 0 Å². The highest BCUT2D eigenvalue weighted by Gasteiger charge is 2.52. The van der Waals surface area contributed by atoms with Gasteiger partial charge in [0.1, 0.15) is 0 Å². The summed E-state index contributed by atoms with van der Waals surface area (Å²) in [7, 11) is 1.77. The Hall–Kier alpha value is -0.610. The van der Waals surface area contributed by atoms with Gasteiger partial charge in [0, 0.05) is 39.2 Å². The predicted octanol–water partition coefficient (Wildman–Crippen LogP) is 0.481. The van der Waals surface area contributed by atoms with Crippen LogP contribution in [0, 0.1) is 17.3 Å². The molecule has 96 valence electrons. The molecule has 3 aliphatic rings. The number of carbonyl (C=O) groups is 1. The molecule has 1 spiro atoms. The summed E-state index contributed by atoms with van der Waals surface area (Å²) in [6.07, 6.45) is 3.90. The Morgan fingerprint density at radius 1 is 1.47 bits per heavy atom. The molecule has 0 aromatic rings. The predicted molar refractivity (Wildman–Crippen MR) is 64.6 cm³/mol. The molecule has 0 radical (unpaired) electrons. The summed E-state index contributed by atoms with van der Waals surface area (Å²) in [6.45, 7) is 4.46. The largest absolute Gasteiger partial charge is 0.384 e. The number of methoxy groups -OCH3 is 1. The van der Waals surface area contributed by atoms with Gasteiger partial charge in [0.05, 0.1) is 12.5 Å². The SMILES string of the molecule is COCC1CN(C(=O)C2CNC2)CC12CCC2. The summed E-state index contributed by atoms with van der Waals surface area (Å²) < 4.78 is 5.34.